The van der Waals surface area contributed by atoms with E-state index in [2.05, 4.69) is 51.2 Å². The van der Waals surface area contributed by atoms with Crippen LogP contribution in [0.5, 0.6) is 0 Å². The van der Waals surface area contributed by atoms with Gasteiger partial charge in [-0.2, -0.15) is 0 Å². The fourth-order valence-corrected chi connectivity index (χ4v) is 4.54. The number of benzene rings is 2. The van der Waals surface area contributed by atoms with E-state index >= 15 is 0 Å². The highest BCUT2D eigenvalue weighted by Crippen LogP contribution is 2.48. The van der Waals surface area contributed by atoms with Crippen LogP contribution < -0.4 is 4.90 Å². The lowest BCUT2D eigenvalue weighted by molar-refractivity contribution is -0.128. The number of piperidine rings is 2. The number of hydrogen-bond donors (Lipinski definition) is 0. The van der Waals surface area contributed by atoms with Crippen LogP contribution in [-0.2, 0) is 4.79 Å². The molecule has 2 aliphatic heterocycles. The minimum Gasteiger partial charge on any atom is -0.360 e. The zero-order valence-corrected chi connectivity index (χ0v) is 14.9. The van der Waals surface area contributed by atoms with E-state index in [9.17, 15) is 4.79 Å². The molecular weight excluding hydrogens is 374 g/mol. The summed E-state index contributed by atoms with van der Waals surface area (Å²) in [4.78, 5) is 14.9. The predicted molar refractivity (Wildman–Crippen MR) is 97.0 cm³/mol. The number of ketones is 1. The van der Waals surface area contributed by atoms with Gasteiger partial charge in [0, 0.05) is 33.6 Å². The largest absolute Gasteiger partial charge is 0.360 e. The van der Waals surface area contributed by atoms with Gasteiger partial charge in [0.05, 0.1) is 6.04 Å². The lowest BCUT2D eigenvalue weighted by Gasteiger charge is -2.52. The Kier molecular flexibility index (Phi) is 3.94. The highest BCUT2D eigenvalue weighted by Gasteiger charge is 2.47. The maximum absolute atomic E-state index is 12.5. The Labute approximate surface area is 149 Å². The minimum absolute atomic E-state index is 0.0714. The van der Waals surface area contributed by atoms with Crippen LogP contribution in [0.1, 0.15) is 30.9 Å². The fraction of sp³-hybridized carbons (Fsp3) is 0.316. The third-order valence-electron chi connectivity index (χ3n) is 5.05. The summed E-state index contributed by atoms with van der Waals surface area (Å²) < 4.78 is 1.07. The normalized spacial score (nSPS) is 26.6. The molecule has 2 bridgehead atoms. The number of carbonyl (C=O) groups is 1. The summed E-state index contributed by atoms with van der Waals surface area (Å²) in [7, 11) is 0. The lowest BCUT2D eigenvalue weighted by atomic mass is 9.71. The first kappa shape index (κ1) is 15.2. The van der Waals surface area contributed by atoms with Crippen molar-refractivity contribution in [3.8, 4) is 0 Å². The van der Waals surface area contributed by atoms with Crippen LogP contribution in [0, 0.1) is 5.92 Å². The molecule has 0 spiro atoms. The molecule has 2 saturated heterocycles. The van der Waals surface area contributed by atoms with Gasteiger partial charge in [0.2, 0.25) is 0 Å². The Bertz CT molecular complexity index is 745. The Morgan fingerprint density at radius 2 is 1.87 bits per heavy atom. The van der Waals surface area contributed by atoms with Crippen LogP contribution in [0.15, 0.2) is 53.0 Å². The number of Topliss-reactive ketones (excluding diaryl/α,β-unsaturated/α-hetero) is 1. The molecule has 0 amide bonds. The molecule has 0 radical (unpaired) electrons. The second-order valence-electron chi connectivity index (χ2n) is 6.39. The van der Waals surface area contributed by atoms with Gasteiger partial charge in [0.25, 0.3) is 0 Å². The van der Waals surface area contributed by atoms with E-state index < -0.39 is 0 Å². The summed E-state index contributed by atoms with van der Waals surface area (Å²) in [6.45, 7) is 0. The summed E-state index contributed by atoms with van der Waals surface area (Å²) in [6.07, 6.45) is 2.73. The summed E-state index contributed by atoms with van der Waals surface area (Å²) in [5.74, 6) is 0.474. The van der Waals surface area contributed by atoms with Crippen LogP contribution in [0.25, 0.3) is 0 Å². The predicted octanol–water partition coefficient (Wildman–Crippen LogP) is 5.40. The standard InChI is InChI=1S/C19H17BrClNO/c20-13-4-6-15(7-5-13)22-16-8-9-17(18(23)11-16)19(22)12-2-1-3-14(21)10-12/h1-7,10,16-17,19H,8-9,11H2/t16-,17+,19-/m1/s1. The number of halogens is 2. The van der Waals surface area contributed by atoms with E-state index in [4.69, 9.17) is 11.6 Å². The van der Waals surface area contributed by atoms with Gasteiger partial charge in [-0.15, -0.1) is 0 Å². The number of rotatable bonds is 2. The smallest absolute Gasteiger partial charge is 0.140 e. The van der Waals surface area contributed by atoms with E-state index in [1.165, 1.54) is 5.69 Å². The van der Waals surface area contributed by atoms with E-state index in [0.717, 1.165) is 27.9 Å². The van der Waals surface area contributed by atoms with E-state index in [-0.39, 0.29) is 18.0 Å². The molecule has 0 unspecified atom stereocenters. The molecule has 118 valence electrons. The van der Waals surface area contributed by atoms with Crippen molar-refractivity contribution in [2.24, 2.45) is 5.92 Å². The SMILES string of the molecule is O=C1C[C@H]2CC[C@@H]1[C@@H](c1cccc(Cl)c1)N2c1ccc(Br)cc1. The fourth-order valence-electron chi connectivity index (χ4n) is 4.08. The van der Waals surface area contributed by atoms with Gasteiger partial charge in [0.15, 0.2) is 0 Å². The third-order valence-corrected chi connectivity index (χ3v) is 5.81. The molecule has 3 fully saturated rings. The van der Waals surface area contributed by atoms with Crippen LogP contribution >= 0.6 is 27.5 Å². The van der Waals surface area contributed by atoms with Gasteiger partial charge < -0.3 is 4.90 Å². The molecular formula is C19H17BrClNO. The molecule has 2 aromatic rings. The topological polar surface area (TPSA) is 20.3 Å². The molecule has 0 N–H and O–H groups in total. The third kappa shape index (κ3) is 2.70. The van der Waals surface area contributed by atoms with Gasteiger partial charge >= 0.3 is 0 Å². The number of carbonyl (C=O) groups excluding carboxylic acids is 1. The van der Waals surface area contributed by atoms with Crippen LogP contribution in [0.3, 0.4) is 0 Å². The zero-order chi connectivity index (χ0) is 16.0. The van der Waals surface area contributed by atoms with Crippen molar-refractivity contribution in [2.45, 2.75) is 31.3 Å². The Balaban J connectivity index is 1.81. The zero-order valence-electron chi connectivity index (χ0n) is 12.6. The Morgan fingerprint density at radius 1 is 1.09 bits per heavy atom. The van der Waals surface area contributed by atoms with Gasteiger partial charge in [0.1, 0.15) is 5.78 Å². The average molecular weight is 391 g/mol. The Morgan fingerprint density at radius 3 is 2.57 bits per heavy atom. The van der Waals surface area contributed by atoms with Crippen molar-refractivity contribution in [1.82, 2.24) is 0 Å². The van der Waals surface area contributed by atoms with Crippen molar-refractivity contribution in [3.05, 3.63) is 63.6 Å². The molecule has 3 aliphatic rings. The molecule has 3 atom stereocenters. The molecule has 5 rings (SSSR count). The second-order valence-corrected chi connectivity index (χ2v) is 7.74. The first-order valence-corrected chi connectivity index (χ1v) is 9.12. The average Bonchev–Trinajstić information content (AvgIpc) is 2.55. The van der Waals surface area contributed by atoms with Crippen LogP contribution in [-0.4, -0.2) is 11.8 Å². The van der Waals surface area contributed by atoms with Crippen molar-refractivity contribution in [3.63, 3.8) is 0 Å². The van der Waals surface area contributed by atoms with E-state index in [1.54, 1.807) is 0 Å². The molecule has 2 nitrogen and oxygen atoms in total. The highest BCUT2D eigenvalue weighted by atomic mass is 79.9. The van der Waals surface area contributed by atoms with E-state index in [1.807, 2.05) is 18.2 Å². The van der Waals surface area contributed by atoms with Crippen molar-refractivity contribution < 1.29 is 4.79 Å². The summed E-state index contributed by atoms with van der Waals surface area (Å²) in [6, 6.07) is 16.7. The maximum Gasteiger partial charge on any atom is 0.140 e. The van der Waals surface area contributed by atoms with Crippen molar-refractivity contribution >= 4 is 39.0 Å². The number of hydrogen-bond acceptors (Lipinski definition) is 2. The van der Waals surface area contributed by atoms with Crippen molar-refractivity contribution in [1.29, 1.82) is 0 Å². The molecule has 4 heteroatoms. The first-order valence-electron chi connectivity index (χ1n) is 7.95. The second kappa shape index (κ2) is 5.95. The first-order chi connectivity index (χ1) is 11.1. The minimum atomic E-state index is 0.0714. The summed E-state index contributed by atoms with van der Waals surface area (Å²) in [5, 5.41) is 0.729. The van der Waals surface area contributed by atoms with Crippen molar-refractivity contribution in [2.75, 3.05) is 4.90 Å². The molecule has 2 heterocycles. The highest BCUT2D eigenvalue weighted by molar-refractivity contribution is 9.10. The quantitative estimate of drug-likeness (QED) is 0.684. The monoisotopic (exact) mass is 389 g/mol. The Hall–Kier alpha value is -1.32. The van der Waals surface area contributed by atoms with E-state index in [0.29, 0.717) is 12.2 Å². The van der Waals surface area contributed by atoms with Gasteiger partial charge in [-0.1, -0.05) is 39.7 Å². The summed E-state index contributed by atoms with van der Waals surface area (Å²) >= 11 is 9.71. The molecule has 0 aromatic heterocycles. The number of anilines is 1. The molecule has 1 aliphatic carbocycles. The number of nitrogens with zero attached hydrogens (tertiary/aromatic N) is 1. The van der Waals surface area contributed by atoms with Gasteiger partial charge in [-0.3, -0.25) is 4.79 Å². The summed E-state index contributed by atoms with van der Waals surface area (Å²) in [5.41, 5.74) is 2.32. The molecule has 1 saturated carbocycles. The van der Waals surface area contributed by atoms with Crippen LogP contribution in [0.2, 0.25) is 5.02 Å². The van der Waals surface area contributed by atoms with Gasteiger partial charge in [-0.05, 0) is 54.8 Å². The van der Waals surface area contributed by atoms with Gasteiger partial charge in [-0.25, -0.2) is 0 Å². The molecule has 2 aromatic carbocycles. The molecule has 23 heavy (non-hydrogen) atoms. The maximum atomic E-state index is 12.5. The number of fused-ring (bicyclic) bond motifs is 3. The van der Waals surface area contributed by atoms with Crippen LogP contribution in [0.4, 0.5) is 5.69 Å². The lowest BCUT2D eigenvalue weighted by Crippen LogP contribution is -2.54.